The van der Waals surface area contributed by atoms with E-state index in [-0.39, 0.29) is 0 Å². The average Bonchev–Trinajstić information content (AvgIpc) is 2.77. The van der Waals surface area contributed by atoms with Crippen LogP contribution >= 0.6 is 11.8 Å². The van der Waals surface area contributed by atoms with Crippen molar-refractivity contribution in [1.29, 1.82) is 0 Å². The summed E-state index contributed by atoms with van der Waals surface area (Å²) >= 11 is 2.03. The fraction of sp³-hybridized carbons (Fsp3) is 0.727. The number of nitrogens with zero attached hydrogens (tertiary/aromatic N) is 2. The van der Waals surface area contributed by atoms with Gasteiger partial charge in [-0.15, -0.1) is 0 Å². The van der Waals surface area contributed by atoms with Gasteiger partial charge in [0, 0.05) is 24.5 Å². The molecule has 0 aliphatic carbocycles. The van der Waals surface area contributed by atoms with Gasteiger partial charge < -0.3 is 5.32 Å². The minimum absolute atomic E-state index is 0.645. The highest BCUT2D eigenvalue weighted by atomic mass is 32.2. The van der Waals surface area contributed by atoms with Crippen LogP contribution in [-0.4, -0.2) is 27.3 Å². The van der Waals surface area contributed by atoms with Crippen LogP contribution in [0.1, 0.15) is 20.3 Å². The number of thioether (sulfide) groups is 1. The van der Waals surface area contributed by atoms with Gasteiger partial charge in [-0.1, -0.05) is 13.8 Å². The highest BCUT2D eigenvalue weighted by Gasteiger charge is 2.15. The lowest BCUT2D eigenvalue weighted by atomic mass is 10.2. The van der Waals surface area contributed by atoms with E-state index in [1.165, 1.54) is 23.6 Å². The smallest absolute Gasteiger partial charge is 0.0728 e. The standard InChI is InChI=1S/C11H19N3S/c1-9(2)6-14-7-11(5-12-14)13-10-3-4-15-8-10/h5,7,9-10,13H,3-4,6,8H2,1-2H3/t10-/m1/s1. The number of hydrogen-bond acceptors (Lipinski definition) is 3. The van der Waals surface area contributed by atoms with Gasteiger partial charge in [-0.2, -0.15) is 16.9 Å². The molecule has 1 aromatic rings. The van der Waals surface area contributed by atoms with Gasteiger partial charge in [0.05, 0.1) is 11.9 Å². The molecular weight excluding hydrogens is 206 g/mol. The van der Waals surface area contributed by atoms with Crippen LogP contribution in [0.5, 0.6) is 0 Å². The summed E-state index contributed by atoms with van der Waals surface area (Å²) in [5.74, 6) is 3.17. The Bertz CT molecular complexity index is 303. The molecule has 4 heteroatoms. The zero-order valence-electron chi connectivity index (χ0n) is 9.44. The Morgan fingerprint density at radius 2 is 2.53 bits per heavy atom. The van der Waals surface area contributed by atoms with Crippen LogP contribution in [0.3, 0.4) is 0 Å². The molecule has 0 aromatic carbocycles. The Kier molecular flexibility index (Phi) is 3.57. The Labute approximate surface area is 95.6 Å². The maximum atomic E-state index is 4.35. The first kappa shape index (κ1) is 10.9. The topological polar surface area (TPSA) is 29.9 Å². The van der Waals surface area contributed by atoms with Crippen LogP contribution in [0.15, 0.2) is 12.4 Å². The zero-order valence-corrected chi connectivity index (χ0v) is 10.3. The molecule has 0 bridgehead atoms. The Hall–Kier alpha value is -0.640. The molecule has 2 heterocycles. The summed E-state index contributed by atoms with van der Waals surface area (Å²) in [6.07, 6.45) is 5.33. The van der Waals surface area contributed by atoms with Gasteiger partial charge in [0.15, 0.2) is 0 Å². The van der Waals surface area contributed by atoms with Crippen LogP contribution < -0.4 is 5.32 Å². The molecule has 0 amide bonds. The van der Waals surface area contributed by atoms with Crippen LogP contribution in [-0.2, 0) is 6.54 Å². The molecule has 15 heavy (non-hydrogen) atoms. The lowest BCUT2D eigenvalue weighted by Crippen LogP contribution is -2.17. The predicted octanol–water partition coefficient (Wildman–Crippen LogP) is 2.46. The second-order valence-corrected chi connectivity index (χ2v) is 5.70. The van der Waals surface area contributed by atoms with Crippen molar-refractivity contribution in [3.63, 3.8) is 0 Å². The van der Waals surface area contributed by atoms with Crippen molar-refractivity contribution in [3.8, 4) is 0 Å². The summed E-state index contributed by atoms with van der Waals surface area (Å²) in [6, 6.07) is 0.645. The molecule has 1 aliphatic heterocycles. The van der Waals surface area contributed by atoms with Gasteiger partial charge in [-0.3, -0.25) is 4.68 Å². The third-order valence-electron chi connectivity index (χ3n) is 2.49. The zero-order chi connectivity index (χ0) is 10.7. The lowest BCUT2D eigenvalue weighted by molar-refractivity contribution is 0.483. The van der Waals surface area contributed by atoms with E-state index in [1.54, 1.807) is 0 Å². The molecule has 0 unspecified atom stereocenters. The van der Waals surface area contributed by atoms with Crippen molar-refractivity contribution in [1.82, 2.24) is 9.78 Å². The quantitative estimate of drug-likeness (QED) is 0.853. The molecule has 1 aromatic heterocycles. The summed E-state index contributed by atoms with van der Waals surface area (Å²) in [7, 11) is 0. The van der Waals surface area contributed by atoms with Crippen molar-refractivity contribution >= 4 is 17.4 Å². The molecular formula is C11H19N3S. The summed E-state index contributed by atoms with van der Waals surface area (Å²) < 4.78 is 2.02. The first-order valence-corrected chi connectivity index (χ1v) is 6.76. The van der Waals surface area contributed by atoms with Crippen molar-refractivity contribution in [2.75, 3.05) is 16.8 Å². The van der Waals surface area contributed by atoms with Crippen molar-refractivity contribution < 1.29 is 0 Å². The first-order valence-electron chi connectivity index (χ1n) is 5.61. The molecule has 1 atom stereocenters. The molecule has 1 fully saturated rings. The van der Waals surface area contributed by atoms with Gasteiger partial charge in [0.2, 0.25) is 0 Å². The van der Waals surface area contributed by atoms with E-state index >= 15 is 0 Å². The minimum atomic E-state index is 0.645. The largest absolute Gasteiger partial charge is 0.379 e. The highest BCUT2D eigenvalue weighted by molar-refractivity contribution is 7.99. The third kappa shape index (κ3) is 3.16. The average molecular weight is 225 g/mol. The second kappa shape index (κ2) is 4.92. The van der Waals surface area contributed by atoms with Gasteiger partial charge in [-0.05, 0) is 18.1 Å². The summed E-state index contributed by atoms with van der Waals surface area (Å²) in [6.45, 7) is 5.42. The fourth-order valence-electron chi connectivity index (χ4n) is 1.80. The van der Waals surface area contributed by atoms with Crippen LogP contribution in [0, 0.1) is 5.92 Å². The van der Waals surface area contributed by atoms with Crippen LogP contribution in [0.25, 0.3) is 0 Å². The minimum Gasteiger partial charge on any atom is -0.379 e. The molecule has 1 saturated heterocycles. The van der Waals surface area contributed by atoms with Crippen molar-refractivity contribution in [3.05, 3.63) is 12.4 Å². The monoisotopic (exact) mass is 225 g/mol. The Morgan fingerprint density at radius 3 is 3.20 bits per heavy atom. The second-order valence-electron chi connectivity index (χ2n) is 4.55. The number of anilines is 1. The van der Waals surface area contributed by atoms with E-state index in [9.17, 15) is 0 Å². The van der Waals surface area contributed by atoms with Gasteiger partial charge in [-0.25, -0.2) is 0 Å². The van der Waals surface area contributed by atoms with Crippen LogP contribution in [0.2, 0.25) is 0 Å². The molecule has 84 valence electrons. The molecule has 1 N–H and O–H groups in total. The van der Waals surface area contributed by atoms with E-state index < -0.39 is 0 Å². The number of rotatable bonds is 4. The fourth-order valence-corrected chi connectivity index (χ4v) is 2.95. The van der Waals surface area contributed by atoms with Crippen molar-refractivity contribution in [2.45, 2.75) is 32.9 Å². The first-order chi connectivity index (χ1) is 7.24. The maximum Gasteiger partial charge on any atom is 0.0728 e. The van der Waals surface area contributed by atoms with Crippen molar-refractivity contribution in [2.24, 2.45) is 5.92 Å². The number of nitrogens with one attached hydrogen (secondary N) is 1. The lowest BCUT2D eigenvalue weighted by Gasteiger charge is -2.09. The van der Waals surface area contributed by atoms with Gasteiger partial charge in [0.1, 0.15) is 0 Å². The molecule has 0 saturated carbocycles. The summed E-state index contributed by atoms with van der Waals surface area (Å²) in [5, 5.41) is 7.88. The maximum absolute atomic E-state index is 4.35. The Balaban J connectivity index is 1.88. The normalized spacial score (nSPS) is 21.1. The highest BCUT2D eigenvalue weighted by Crippen LogP contribution is 2.21. The van der Waals surface area contributed by atoms with Crippen LogP contribution in [0.4, 0.5) is 5.69 Å². The number of aromatic nitrogens is 2. The Morgan fingerprint density at radius 1 is 1.67 bits per heavy atom. The summed E-state index contributed by atoms with van der Waals surface area (Å²) in [4.78, 5) is 0. The number of hydrogen-bond donors (Lipinski definition) is 1. The van der Waals surface area contributed by atoms with Gasteiger partial charge in [0.25, 0.3) is 0 Å². The molecule has 0 spiro atoms. The molecule has 1 aliphatic rings. The van der Waals surface area contributed by atoms with E-state index in [1.807, 2.05) is 22.6 Å². The predicted molar refractivity (Wildman–Crippen MR) is 66.4 cm³/mol. The van der Waals surface area contributed by atoms with E-state index in [2.05, 4.69) is 30.5 Å². The van der Waals surface area contributed by atoms with E-state index in [4.69, 9.17) is 0 Å². The molecule has 0 radical (unpaired) electrons. The third-order valence-corrected chi connectivity index (χ3v) is 3.65. The van der Waals surface area contributed by atoms with E-state index in [0.717, 1.165) is 6.54 Å². The molecule has 3 nitrogen and oxygen atoms in total. The summed E-state index contributed by atoms with van der Waals surface area (Å²) in [5.41, 5.74) is 1.17. The van der Waals surface area contributed by atoms with E-state index in [0.29, 0.717) is 12.0 Å². The SMILES string of the molecule is CC(C)Cn1cc(N[C@@H]2CCSC2)cn1. The molecule has 2 rings (SSSR count). The van der Waals surface area contributed by atoms with Gasteiger partial charge >= 0.3 is 0 Å².